The lowest BCUT2D eigenvalue weighted by molar-refractivity contribution is -0.134. The van der Waals surface area contributed by atoms with E-state index in [-0.39, 0.29) is 23.0 Å². The number of hydrogen-bond donors (Lipinski definition) is 2. The van der Waals surface area contributed by atoms with Gasteiger partial charge in [0.05, 0.1) is 6.61 Å². The van der Waals surface area contributed by atoms with Crippen LogP contribution in [-0.4, -0.2) is 59.9 Å². The molecule has 0 saturated carbocycles. The second-order valence-electron chi connectivity index (χ2n) is 8.95. The third kappa shape index (κ3) is 6.32. The molecule has 11 heteroatoms. The third-order valence-corrected chi connectivity index (χ3v) is 7.19. The van der Waals surface area contributed by atoms with Crippen molar-refractivity contribution in [3.05, 3.63) is 76.8 Å². The second kappa shape index (κ2) is 12.6. The van der Waals surface area contributed by atoms with Crippen molar-refractivity contribution < 1.29 is 28.7 Å². The molecule has 4 rings (SSSR count). The molecule has 0 radical (unpaired) electrons. The summed E-state index contributed by atoms with van der Waals surface area (Å²) < 4.78 is 10.6. The SMILES string of the molecule is CCC(=O)c1csc(NC(=O)[C@H]([C@@H](C)c2ccccc2)N2C(=O)N[C@H](c3ccc(OCCOC)cc3)C2=O)n1. The van der Waals surface area contributed by atoms with E-state index in [2.05, 4.69) is 15.6 Å². The number of thiazole rings is 1. The Morgan fingerprint density at radius 1 is 1.10 bits per heavy atom. The highest BCUT2D eigenvalue weighted by Gasteiger charge is 2.47. The standard InChI is InChI=1S/C28H30N4O6S/c1-4-22(33)21-16-39-27(29-21)31-25(34)24(17(2)18-8-6-5-7-9-18)32-26(35)23(30-28(32)36)19-10-12-20(13-11-19)38-15-14-37-3/h5-13,16-17,23-24H,4,14-15H2,1-3H3,(H,30,36)(H,29,31,34)/t17-,23+,24-/m0/s1. The Balaban J connectivity index is 1.59. The van der Waals surface area contributed by atoms with Gasteiger partial charge in [-0.15, -0.1) is 11.3 Å². The summed E-state index contributed by atoms with van der Waals surface area (Å²) in [6, 6.07) is 13.2. The number of ketones is 1. The van der Waals surface area contributed by atoms with E-state index >= 15 is 0 Å². The van der Waals surface area contributed by atoms with Crippen LogP contribution in [0.5, 0.6) is 5.75 Å². The first-order chi connectivity index (χ1) is 18.8. The van der Waals surface area contributed by atoms with E-state index in [1.54, 1.807) is 50.6 Å². The van der Waals surface area contributed by atoms with Crippen LogP contribution in [0.4, 0.5) is 9.93 Å². The maximum absolute atomic E-state index is 13.6. The van der Waals surface area contributed by atoms with Crippen LogP contribution < -0.4 is 15.4 Å². The van der Waals surface area contributed by atoms with Gasteiger partial charge in [-0.1, -0.05) is 56.3 Å². The van der Waals surface area contributed by atoms with Crippen molar-refractivity contribution in [2.24, 2.45) is 0 Å². The number of hydrogen-bond acceptors (Lipinski definition) is 8. The number of carbonyl (C=O) groups excluding carboxylic acids is 4. The number of imide groups is 1. The van der Waals surface area contributed by atoms with Gasteiger partial charge in [0, 0.05) is 24.8 Å². The van der Waals surface area contributed by atoms with Crippen LogP contribution in [-0.2, 0) is 14.3 Å². The largest absolute Gasteiger partial charge is 0.491 e. The van der Waals surface area contributed by atoms with E-state index in [1.807, 2.05) is 30.3 Å². The van der Waals surface area contributed by atoms with Crippen LogP contribution in [0.2, 0.25) is 0 Å². The first kappa shape index (κ1) is 27.9. The van der Waals surface area contributed by atoms with Crippen molar-refractivity contribution in [2.45, 2.75) is 38.3 Å². The first-order valence-electron chi connectivity index (χ1n) is 12.5. The Hall–Kier alpha value is -4.09. The Labute approximate surface area is 230 Å². The zero-order valence-electron chi connectivity index (χ0n) is 21.9. The van der Waals surface area contributed by atoms with Gasteiger partial charge < -0.3 is 20.1 Å². The average Bonchev–Trinajstić information content (AvgIpc) is 3.53. The van der Waals surface area contributed by atoms with Crippen LogP contribution in [0.15, 0.2) is 60.0 Å². The van der Waals surface area contributed by atoms with E-state index in [0.29, 0.717) is 24.5 Å². The fourth-order valence-corrected chi connectivity index (χ4v) is 5.03. The zero-order valence-corrected chi connectivity index (χ0v) is 22.7. The van der Waals surface area contributed by atoms with Gasteiger partial charge >= 0.3 is 6.03 Å². The lowest BCUT2D eigenvalue weighted by atomic mass is 9.91. The number of ether oxygens (including phenoxy) is 2. The maximum Gasteiger partial charge on any atom is 0.325 e. The number of urea groups is 1. The van der Waals surface area contributed by atoms with Crippen molar-refractivity contribution in [2.75, 3.05) is 25.6 Å². The normalized spacial score (nSPS) is 16.5. The van der Waals surface area contributed by atoms with Crippen LogP contribution in [0.25, 0.3) is 0 Å². The molecule has 10 nitrogen and oxygen atoms in total. The van der Waals surface area contributed by atoms with Gasteiger partial charge in [-0.05, 0) is 23.3 Å². The predicted molar refractivity (Wildman–Crippen MR) is 146 cm³/mol. The van der Waals surface area contributed by atoms with E-state index < -0.39 is 35.8 Å². The van der Waals surface area contributed by atoms with Crippen molar-refractivity contribution in [3.63, 3.8) is 0 Å². The number of nitrogens with one attached hydrogen (secondary N) is 2. The highest BCUT2D eigenvalue weighted by atomic mass is 32.1. The summed E-state index contributed by atoms with van der Waals surface area (Å²) >= 11 is 1.11. The molecule has 1 saturated heterocycles. The minimum Gasteiger partial charge on any atom is -0.491 e. The minimum atomic E-state index is -1.17. The van der Waals surface area contributed by atoms with Gasteiger partial charge in [0.1, 0.15) is 30.1 Å². The number of nitrogens with zero attached hydrogens (tertiary/aromatic N) is 2. The Morgan fingerprint density at radius 3 is 2.49 bits per heavy atom. The molecule has 1 aliphatic heterocycles. The smallest absolute Gasteiger partial charge is 0.325 e. The fourth-order valence-electron chi connectivity index (χ4n) is 4.31. The summed E-state index contributed by atoms with van der Waals surface area (Å²) in [5, 5.41) is 7.22. The van der Waals surface area contributed by atoms with Crippen molar-refractivity contribution in [3.8, 4) is 5.75 Å². The van der Waals surface area contributed by atoms with Gasteiger partial charge in [0.25, 0.3) is 5.91 Å². The highest BCUT2D eigenvalue weighted by Crippen LogP contribution is 2.32. The first-order valence-corrected chi connectivity index (χ1v) is 13.4. The number of methoxy groups -OCH3 is 1. The molecule has 1 fully saturated rings. The van der Waals surface area contributed by atoms with E-state index in [9.17, 15) is 19.2 Å². The van der Waals surface area contributed by atoms with Crippen LogP contribution in [0.3, 0.4) is 0 Å². The van der Waals surface area contributed by atoms with Gasteiger partial charge in [0.15, 0.2) is 10.9 Å². The third-order valence-electron chi connectivity index (χ3n) is 6.43. The molecule has 39 heavy (non-hydrogen) atoms. The number of benzene rings is 2. The van der Waals surface area contributed by atoms with Gasteiger partial charge in [-0.2, -0.15) is 0 Å². The molecule has 0 bridgehead atoms. The molecule has 1 aliphatic rings. The molecule has 4 amide bonds. The Kier molecular flexibility index (Phi) is 9.05. The summed E-state index contributed by atoms with van der Waals surface area (Å²) in [5.41, 5.74) is 1.60. The average molecular weight is 551 g/mol. The molecule has 2 heterocycles. The highest BCUT2D eigenvalue weighted by molar-refractivity contribution is 7.14. The quantitative estimate of drug-likeness (QED) is 0.197. The van der Waals surface area contributed by atoms with Crippen LogP contribution in [0.1, 0.15) is 53.8 Å². The second-order valence-corrected chi connectivity index (χ2v) is 9.81. The lowest BCUT2D eigenvalue weighted by Gasteiger charge is -2.29. The van der Waals surface area contributed by atoms with Crippen molar-refractivity contribution >= 4 is 40.1 Å². The molecule has 204 valence electrons. The molecule has 0 unspecified atom stereocenters. The maximum atomic E-state index is 13.6. The summed E-state index contributed by atoms with van der Waals surface area (Å²) in [6.45, 7) is 4.33. The molecule has 1 aromatic heterocycles. The molecule has 0 spiro atoms. The lowest BCUT2D eigenvalue weighted by Crippen LogP contribution is -2.50. The van der Waals surface area contributed by atoms with E-state index in [1.165, 1.54) is 0 Å². The summed E-state index contributed by atoms with van der Waals surface area (Å²) in [4.78, 5) is 57.7. The zero-order chi connectivity index (χ0) is 27.9. The van der Waals surface area contributed by atoms with Crippen molar-refractivity contribution in [1.82, 2.24) is 15.2 Å². The monoisotopic (exact) mass is 550 g/mol. The van der Waals surface area contributed by atoms with Gasteiger partial charge in [-0.25, -0.2) is 14.7 Å². The van der Waals surface area contributed by atoms with Crippen LogP contribution >= 0.6 is 11.3 Å². The number of rotatable bonds is 12. The van der Waals surface area contributed by atoms with E-state index in [0.717, 1.165) is 21.8 Å². The minimum absolute atomic E-state index is 0.145. The molecule has 3 atom stereocenters. The summed E-state index contributed by atoms with van der Waals surface area (Å²) in [6.07, 6.45) is 0.287. The molecular weight excluding hydrogens is 520 g/mol. The topological polar surface area (TPSA) is 127 Å². The molecule has 0 aliphatic carbocycles. The summed E-state index contributed by atoms with van der Waals surface area (Å²) in [5.74, 6) is -1.20. The van der Waals surface area contributed by atoms with Gasteiger partial charge in [0.2, 0.25) is 5.91 Å². The number of anilines is 1. The number of Topliss-reactive ketones (excluding diaryl/α,β-unsaturated/α-hetero) is 1. The van der Waals surface area contributed by atoms with Gasteiger partial charge in [-0.3, -0.25) is 14.4 Å². The van der Waals surface area contributed by atoms with Crippen molar-refractivity contribution in [1.29, 1.82) is 0 Å². The Morgan fingerprint density at radius 2 is 1.82 bits per heavy atom. The predicted octanol–water partition coefficient (Wildman–Crippen LogP) is 4.16. The molecular formula is C28H30N4O6S. The van der Waals surface area contributed by atoms with Crippen LogP contribution in [0, 0.1) is 0 Å². The Bertz CT molecular complexity index is 1330. The number of amides is 4. The molecule has 2 aromatic carbocycles. The summed E-state index contributed by atoms with van der Waals surface area (Å²) in [7, 11) is 1.58. The molecule has 2 N–H and O–H groups in total. The van der Waals surface area contributed by atoms with E-state index in [4.69, 9.17) is 9.47 Å². The molecule has 3 aromatic rings. The number of aromatic nitrogens is 1. The number of carbonyl (C=O) groups is 4. The fraction of sp³-hybridized carbons (Fsp3) is 0.321.